The monoisotopic (exact) mass is 620 g/mol. The number of ether oxygens (including phenoxy) is 1. The van der Waals surface area contributed by atoms with Gasteiger partial charge in [-0.3, -0.25) is 9.59 Å². The molecule has 0 unspecified atom stereocenters. The molecule has 1 fully saturated rings. The number of pyridine rings is 1. The summed E-state index contributed by atoms with van der Waals surface area (Å²) in [5.41, 5.74) is 0.0557. The molecule has 2 aromatic carbocycles. The van der Waals surface area contributed by atoms with Gasteiger partial charge in [0, 0.05) is 36.1 Å². The molecule has 0 spiro atoms. The van der Waals surface area contributed by atoms with Crippen LogP contribution in [0.1, 0.15) is 26.5 Å². The van der Waals surface area contributed by atoms with Gasteiger partial charge in [-0.2, -0.15) is 18.2 Å². The first-order valence-electron chi connectivity index (χ1n) is 13.6. The molecule has 14 heteroatoms. The number of halogens is 4. The highest BCUT2D eigenvalue weighted by Gasteiger charge is 2.44. The van der Waals surface area contributed by atoms with Crippen molar-refractivity contribution in [3.63, 3.8) is 0 Å². The molecular formula is C31H24F4N6O4. The van der Waals surface area contributed by atoms with Crippen LogP contribution in [-0.4, -0.2) is 59.7 Å². The molecule has 230 valence electrons. The van der Waals surface area contributed by atoms with Crippen LogP contribution < -0.4 is 16.0 Å². The summed E-state index contributed by atoms with van der Waals surface area (Å²) in [6.07, 6.45) is -1.47. The number of fused-ring (bicyclic) bond motifs is 1. The molecule has 1 aliphatic rings. The third-order valence-corrected chi connectivity index (χ3v) is 7.18. The molecule has 10 nitrogen and oxygen atoms in total. The van der Waals surface area contributed by atoms with Crippen LogP contribution in [0.25, 0.3) is 33.6 Å². The van der Waals surface area contributed by atoms with Crippen molar-refractivity contribution in [2.24, 2.45) is 0 Å². The van der Waals surface area contributed by atoms with Crippen LogP contribution in [0.2, 0.25) is 0 Å². The fraction of sp³-hybridized carbons (Fsp3) is 0.194. The number of nitrogens with one attached hydrogen (secondary N) is 3. The Hall–Kier alpha value is -5.37. The van der Waals surface area contributed by atoms with Crippen LogP contribution in [0.15, 0.2) is 77.5 Å². The molecule has 3 N–H and O–H groups in total. The van der Waals surface area contributed by atoms with E-state index in [1.54, 1.807) is 36.7 Å². The maximum absolute atomic E-state index is 13.6. The summed E-state index contributed by atoms with van der Waals surface area (Å²) in [4.78, 5) is 39.3. The Bertz CT molecular complexity index is 1890. The van der Waals surface area contributed by atoms with E-state index >= 15 is 0 Å². The fourth-order valence-corrected chi connectivity index (χ4v) is 4.94. The normalized spacial score (nSPS) is 14.1. The van der Waals surface area contributed by atoms with Gasteiger partial charge >= 0.3 is 6.18 Å². The number of rotatable bonds is 8. The summed E-state index contributed by atoms with van der Waals surface area (Å²) >= 11 is 0. The van der Waals surface area contributed by atoms with Crippen LogP contribution >= 0.6 is 0 Å². The smallest absolute Gasteiger partial charge is 0.405 e. The van der Waals surface area contributed by atoms with Gasteiger partial charge in [-0.05, 0) is 54.1 Å². The Morgan fingerprint density at radius 1 is 0.956 bits per heavy atom. The molecule has 6 rings (SSSR count). The summed E-state index contributed by atoms with van der Waals surface area (Å²) in [6, 6.07) is 14.5. The van der Waals surface area contributed by atoms with Crippen LogP contribution in [-0.2, 0) is 10.3 Å². The van der Waals surface area contributed by atoms with Crippen molar-refractivity contribution in [2.45, 2.75) is 11.7 Å². The van der Waals surface area contributed by atoms with Gasteiger partial charge in [0.2, 0.25) is 5.71 Å². The van der Waals surface area contributed by atoms with Gasteiger partial charge < -0.3 is 25.1 Å². The van der Waals surface area contributed by atoms with Crippen molar-refractivity contribution in [2.75, 3.05) is 32.1 Å². The maximum Gasteiger partial charge on any atom is 0.405 e. The van der Waals surface area contributed by atoms with Crippen molar-refractivity contribution in [1.82, 2.24) is 25.6 Å². The van der Waals surface area contributed by atoms with E-state index in [-0.39, 0.29) is 52.6 Å². The number of benzene rings is 2. The molecule has 4 heterocycles. The number of anilines is 1. The third-order valence-electron chi connectivity index (χ3n) is 7.18. The predicted octanol–water partition coefficient (Wildman–Crippen LogP) is 5.08. The second-order valence-electron chi connectivity index (χ2n) is 10.3. The summed E-state index contributed by atoms with van der Waals surface area (Å²) in [6.45, 7) is -1.09. The first kappa shape index (κ1) is 29.7. The lowest BCUT2D eigenvalue weighted by Crippen LogP contribution is -2.60. The number of carbonyl (C=O) groups excluding carboxylic acids is 2. The van der Waals surface area contributed by atoms with Gasteiger partial charge in [0.05, 0.1) is 24.2 Å². The van der Waals surface area contributed by atoms with Gasteiger partial charge in [0.15, 0.2) is 5.82 Å². The Kier molecular flexibility index (Phi) is 7.66. The van der Waals surface area contributed by atoms with E-state index in [1.165, 1.54) is 43.4 Å². The minimum absolute atomic E-state index is 0.0545. The molecule has 45 heavy (non-hydrogen) atoms. The van der Waals surface area contributed by atoms with Crippen LogP contribution in [0.3, 0.4) is 0 Å². The molecule has 0 atom stereocenters. The number of hydrogen-bond acceptors (Lipinski definition) is 8. The SMILES string of the molecule is CNC(=O)c1c(-c2ccc(F)cc2)oc2nc(NCC(F)(F)F)c(-c3cccc(C(=O)NC4(c5ncccn5)COC4)c3)cc12. The van der Waals surface area contributed by atoms with Crippen LogP contribution in [0.5, 0.6) is 0 Å². The quantitative estimate of drug-likeness (QED) is 0.205. The average Bonchev–Trinajstić information content (AvgIpc) is 3.39. The summed E-state index contributed by atoms with van der Waals surface area (Å²) in [5.74, 6) is -1.30. The summed E-state index contributed by atoms with van der Waals surface area (Å²) in [7, 11) is 1.41. The van der Waals surface area contributed by atoms with Crippen molar-refractivity contribution in [1.29, 1.82) is 0 Å². The predicted molar refractivity (Wildman–Crippen MR) is 155 cm³/mol. The van der Waals surface area contributed by atoms with E-state index in [2.05, 4.69) is 30.9 Å². The average molecular weight is 621 g/mol. The molecule has 0 saturated carbocycles. The number of nitrogens with zero attached hydrogens (tertiary/aromatic N) is 3. The lowest BCUT2D eigenvalue weighted by atomic mass is 9.95. The van der Waals surface area contributed by atoms with Crippen LogP contribution in [0, 0.1) is 5.82 Å². The van der Waals surface area contributed by atoms with Crippen molar-refractivity contribution < 1.29 is 36.3 Å². The third kappa shape index (κ3) is 5.91. The Balaban J connectivity index is 1.45. The number of alkyl halides is 3. The van der Waals surface area contributed by atoms with Crippen molar-refractivity contribution in [3.8, 4) is 22.5 Å². The molecule has 5 aromatic rings. The van der Waals surface area contributed by atoms with Crippen molar-refractivity contribution >= 4 is 28.7 Å². The minimum atomic E-state index is -4.58. The number of furan rings is 1. The van der Waals surface area contributed by atoms with E-state index in [1.807, 2.05) is 0 Å². The highest BCUT2D eigenvalue weighted by Crippen LogP contribution is 2.38. The Morgan fingerprint density at radius 2 is 1.69 bits per heavy atom. The number of amides is 2. The van der Waals surface area contributed by atoms with Gasteiger partial charge in [0.25, 0.3) is 11.8 Å². The van der Waals surface area contributed by atoms with Crippen molar-refractivity contribution in [3.05, 3.63) is 95.8 Å². The Labute approximate surface area is 252 Å². The number of carbonyl (C=O) groups is 2. The first-order chi connectivity index (χ1) is 21.6. The molecule has 3 aromatic heterocycles. The number of aromatic nitrogens is 3. The molecule has 1 aliphatic heterocycles. The van der Waals surface area contributed by atoms with Gasteiger partial charge in [-0.15, -0.1) is 0 Å². The van der Waals surface area contributed by atoms with E-state index in [4.69, 9.17) is 9.15 Å². The topological polar surface area (TPSA) is 131 Å². The zero-order valence-corrected chi connectivity index (χ0v) is 23.5. The highest BCUT2D eigenvalue weighted by atomic mass is 19.4. The zero-order valence-electron chi connectivity index (χ0n) is 23.5. The molecule has 2 amide bonds. The fourth-order valence-electron chi connectivity index (χ4n) is 4.94. The molecule has 1 saturated heterocycles. The lowest BCUT2D eigenvalue weighted by molar-refractivity contribution is -0.115. The zero-order chi connectivity index (χ0) is 31.8. The van der Waals surface area contributed by atoms with E-state index in [0.29, 0.717) is 17.0 Å². The van der Waals surface area contributed by atoms with Crippen LogP contribution in [0.4, 0.5) is 23.4 Å². The van der Waals surface area contributed by atoms with Gasteiger partial charge in [0.1, 0.15) is 29.5 Å². The lowest BCUT2D eigenvalue weighted by Gasteiger charge is -2.40. The standard InChI is InChI=1S/C31H24F4N6O4/c1-36-27(43)23-22-13-21(25(39-14-31(33,34)35)40-28(22)45-24(23)17-6-8-20(32)9-7-17)18-4-2-5-19(12-18)26(42)41-30(15-44-16-30)29-37-10-3-11-38-29/h2-13H,14-16H2,1H3,(H,36,43)(H,39,40)(H,41,42). The molecule has 0 bridgehead atoms. The summed E-state index contributed by atoms with van der Waals surface area (Å²) in [5, 5.41) is 7.96. The van der Waals surface area contributed by atoms with E-state index in [0.717, 1.165) is 0 Å². The largest absolute Gasteiger partial charge is 0.437 e. The van der Waals surface area contributed by atoms with Gasteiger partial charge in [-0.25, -0.2) is 14.4 Å². The minimum Gasteiger partial charge on any atom is -0.437 e. The summed E-state index contributed by atoms with van der Waals surface area (Å²) < 4.78 is 64.8. The Morgan fingerprint density at radius 3 is 2.33 bits per heavy atom. The highest BCUT2D eigenvalue weighted by molar-refractivity contribution is 6.11. The second kappa shape index (κ2) is 11.6. The van der Waals surface area contributed by atoms with E-state index in [9.17, 15) is 27.2 Å². The maximum atomic E-state index is 13.6. The first-order valence-corrected chi connectivity index (χ1v) is 13.6. The molecule has 0 aliphatic carbocycles. The van der Waals surface area contributed by atoms with Gasteiger partial charge in [-0.1, -0.05) is 12.1 Å². The van der Waals surface area contributed by atoms with E-state index < -0.39 is 35.9 Å². The second-order valence-corrected chi connectivity index (χ2v) is 10.3. The molecule has 0 radical (unpaired) electrons. The number of hydrogen-bond donors (Lipinski definition) is 3. The molecular weight excluding hydrogens is 596 g/mol.